The molecule has 0 fully saturated rings. The van der Waals surface area contributed by atoms with Gasteiger partial charge in [0.15, 0.2) is 11.5 Å². The summed E-state index contributed by atoms with van der Waals surface area (Å²) in [7, 11) is 0. The molecular formula is C22H19N3O4. The molecule has 0 radical (unpaired) electrons. The molecule has 0 saturated heterocycles. The summed E-state index contributed by atoms with van der Waals surface area (Å²) < 4.78 is 10.6. The third-order valence-corrected chi connectivity index (χ3v) is 4.44. The number of fused-ring (bicyclic) bond motifs is 1. The van der Waals surface area contributed by atoms with E-state index in [-0.39, 0.29) is 18.6 Å². The van der Waals surface area contributed by atoms with E-state index < -0.39 is 0 Å². The fourth-order valence-corrected chi connectivity index (χ4v) is 2.93. The van der Waals surface area contributed by atoms with Crippen molar-refractivity contribution in [2.24, 2.45) is 0 Å². The fourth-order valence-electron chi connectivity index (χ4n) is 2.93. The van der Waals surface area contributed by atoms with Crippen LogP contribution in [0, 0.1) is 0 Å². The molecule has 0 spiro atoms. The van der Waals surface area contributed by atoms with Crippen LogP contribution in [0.1, 0.15) is 26.3 Å². The Kier molecular flexibility index (Phi) is 5.38. The zero-order chi connectivity index (χ0) is 20.1. The van der Waals surface area contributed by atoms with Gasteiger partial charge >= 0.3 is 0 Å². The number of anilines is 1. The highest BCUT2D eigenvalue weighted by Gasteiger charge is 2.16. The van der Waals surface area contributed by atoms with Gasteiger partial charge in [-0.25, -0.2) is 0 Å². The Balaban J connectivity index is 1.37. The minimum atomic E-state index is -0.365. The van der Waals surface area contributed by atoms with Crippen molar-refractivity contribution in [3.63, 3.8) is 0 Å². The smallest absolute Gasteiger partial charge is 0.257 e. The minimum Gasteiger partial charge on any atom is -0.454 e. The summed E-state index contributed by atoms with van der Waals surface area (Å²) in [5, 5.41) is 5.62. The number of carbonyl (C=O) groups is 2. The lowest BCUT2D eigenvalue weighted by Crippen LogP contribution is -2.26. The second-order valence-electron chi connectivity index (χ2n) is 6.48. The maximum absolute atomic E-state index is 12.5. The van der Waals surface area contributed by atoms with Crippen molar-refractivity contribution in [2.45, 2.75) is 6.42 Å². The standard InChI is InChI=1S/C22H19N3O4/c26-21(24-9-8-15-4-2-1-3-5-15)16-10-17(13-23-12-16)22(27)25-18-6-7-19-20(11-18)29-14-28-19/h1-7,10-13H,8-9,14H2,(H,24,26)(H,25,27). The van der Waals surface area contributed by atoms with Crippen LogP contribution in [0.3, 0.4) is 0 Å². The highest BCUT2D eigenvalue weighted by Crippen LogP contribution is 2.34. The number of hydrogen-bond acceptors (Lipinski definition) is 5. The first-order valence-corrected chi connectivity index (χ1v) is 9.17. The lowest BCUT2D eigenvalue weighted by Gasteiger charge is -2.08. The molecule has 2 heterocycles. The van der Waals surface area contributed by atoms with Gasteiger partial charge in [-0.05, 0) is 30.2 Å². The van der Waals surface area contributed by atoms with Crippen molar-refractivity contribution in [3.8, 4) is 11.5 Å². The molecule has 3 aromatic rings. The SMILES string of the molecule is O=C(NCCc1ccccc1)c1cncc(C(=O)Nc2ccc3c(c2)OCO3)c1. The van der Waals surface area contributed by atoms with E-state index in [4.69, 9.17) is 9.47 Å². The van der Waals surface area contributed by atoms with Crippen molar-refractivity contribution in [3.05, 3.63) is 83.7 Å². The Bertz CT molecular complexity index is 1040. The van der Waals surface area contributed by atoms with E-state index in [1.165, 1.54) is 18.5 Å². The molecule has 2 amide bonds. The second-order valence-corrected chi connectivity index (χ2v) is 6.48. The molecule has 1 aliphatic heterocycles. The highest BCUT2D eigenvalue weighted by atomic mass is 16.7. The van der Waals surface area contributed by atoms with Gasteiger partial charge in [0.2, 0.25) is 6.79 Å². The maximum atomic E-state index is 12.5. The number of amides is 2. The normalized spacial score (nSPS) is 11.7. The Hall–Kier alpha value is -3.87. The van der Waals surface area contributed by atoms with Crippen LogP contribution in [0.2, 0.25) is 0 Å². The number of rotatable bonds is 6. The summed E-state index contributed by atoms with van der Waals surface area (Å²) in [5.74, 6) is 0.577. The van der Waals surface area contributed by atoms with E-state index >= 15 is 0 Å². The first-order valence-electron chi connectivity index (χ1n) is 9.17. The number of hydrogen-bond donors (Lipinski definition) is 2. The minimum absolute atomic E-state index is 0.165. The summed E-state index contributed by atoms with van der Waals surface area (Å²) in [6.45, 7) is 0.661. The fraction of sp³-hybridized carbons (Fsp3) is 0.136. The molecule has 1 aromatic heterocycles. The first-order chi connectivity index (χ1) is 14.2. The molecular weight excluding hydrogens is 370 g/mol. The molecule has 0 saturated carbocycles. The molecule has 2 N–H and O–H groups in total. The average molecular weight is 389 g/mol. The van der Waals surface area contributed by atoms with Crippen LogP contribution in [0.15, 0.2) is 67.0 Å². The summed E-state index contributed by atoms with van der Waals surface area (Å²) in [6.07, 6.45) is 3.59. The predicted molar refractivity (Wildman–Crippen MR) is 107 cm³/mol. The monoisotopic (exact) mass is 389 g/mol. The molecule has 29 heavy (non-hydrogen) atoms. The number of aromatic nitrogens is 1. The van der Waals surface area contributed by atoms with Crippen molar-refractivity contribution in [2.75, 3.05) is 18.7 Å². The molecule has 1 aliphatic rings. The van der Waals surface area contributed by atoms with Crippen LogP contribution in [0.4, 0.5) is 5.69 Å². The predicted octanol–water partition coefficient (Wildman–Crippen LogP) is 3.04. The number of carbonyl (C=O) groups excluding carboxylic acids is 2. The van der Waals surface area contributed by atoms with E-state index in [1.807, 2.05) is 30.3 Å². The third kappa shape index (κ3) is 4.52. The summed E-state index contributed by atoms with van der Waals surface area (Å²) in [4.78, 5) is 28.9. The van der Waals surface area contributed by atoms with E-state index in [9.17, 15) is 9.59 Å². The van der Waals surface area contributed by atoms with Crippen molar-refractivity contribution in [1.29, 1.82) is 0 Å². The number of ether oxygens (including phenoxy) is 2. The number of pyridine rings is 1. The zero-order valence-electron chi connectivity index (χ0n) is 15.6. The molecule has 146 valence electrons. The number of benzene rings is 2. The van der Waals surface area contributed by atoms with Gasteiger partial charge in [-0.1, -0.05) is 30.3 Å². The molecule has 2 aromatic carbocycles. The van der Waals surface area contributed by atoms with E-state index in [1.54, 1.807) is 18.2 Å². The molecule has 7 heteroatoms. The Morgan fingerprint density at radius 3 is 2.48 bits per heavy atom. The van der Waals surface area contributed by atoms with Crippen LogP contribution in [-0.4, -0.2) is 30.1 Å². The van der Waals surface area contributed by atoms with Gasteiger partial charge < -0.3 is 20.1 Å². The second kappa shape index (κ2) is 8.43. The van der Waals surface area contributed by atoms with Crippen LogP contribution in [-0.2, 0) is 6.42 Å². The lowest BCUT2D eigenvalue weighted by atomic mass is 10.1. The van der Waals surface area contributed by atoms with E-state index in [0.29, 0.717) is 34.9 Å². The largest absolute Gasteiger partial charge is 0.454 e. The highest BCUT2D eigenvalue weighted by molar-refractivity contribution is 6.06. The van der Waals surface area contributed by atoms with Crippen LogP contribution in [0.25, 0.3) is 0 Å². The Morgan fingerprint density at radius 2 is 1.66 bits per heavy atom. The molecule has 0 aliphatic carbocycles. The van der Waals surface area contributed by atoms with E-state index in [2.05, 4.69) is 15.6 Å². The molecule has 4 rings (SSSR count). The lowest BCUT2D eigenvalue weighted by molar-refractivity contribution is 0.0953. The third-order valence-electron chi connectivity index (χ3n) is 4.44. The van der Waals surface area contributed by atoms with Crippen LogP contribution < -0.4 is 20.1 Å². The van der Waals surface area contributed by atoms with E-state index in [0.717, 1.165) is 12.0 Å². The molecule has 0 unspecified atom stereocenters. The average Bonchev–Trinajstić information content (AvgIpc) is 3.22. The van der Waals surface area contributed by atoms with Gasteiger partial charge in [0.25, 0.3) is 11.8 Å². The van der Waals surface area contributed by atoms with Gasteiger partial charge in [-0.2, -0.15) is 0 Å². The van der Waals surface area contributed by atoms with Gasteiger partial charge in [-0.15, -0.1) is 0 Å². The Morgan fingerprint density at radius 1 is 0.897 bits per heavy atom. The van der Waals surface area contributed by atoms with Crippen LogP contribution in [0.5, 0.6) is 11.5 Å². The quantitative estimate of drug-likeness (QED) is 0.676. The molecule has 0 bridgehead atoms. The van der Waals surface area contributed by atoms with Gasteiger partial charge in [0.05, 0.1) is 11.1 Å². The summed E-state index contributed by atoms with van der Waals surface area (Å²) in [6, 6.07) is 16.6. The summed E-state index contributed by atoms with van der Waals surface area (Å²) in [5.41, 5.74) is 2.33. The van der Waals surface area contributed by atoms with Crippen molar-refractivity contribution in [1.82, 2.24) is 10.3 Å². The topological polar surface area (TPSA) is 89.6 Å². The van der Waals surface area contributed by atoms with Crippen molar-refractivity contribution >= 4 is 17.5 Å². The van der Waals surface area contributed by atoms with Gasteiger partial charge in [0, 0.05) is 30.7 Å². The molecule has 0 atom stereocenters. The maximum Gasteiger partial charge on any atom is 0.257 e. The van der Waals surface area contributed by atoms with Crippen LogP contribution >= 0.6 is 0 Å². The molecule has 7 nitrogen and oxygen atoms in total. The van der Waals surface area contributed by atoms with Gasteiger partial charge in [-0.3, -0.25) is 14.6 Å². The number of nitrogens with zero attached hydrogens (tertiary/aromatic N) is 1. The van der Waals surface area contributed by atoms with Gasteiger partial charge in [0.1, 0.15) is 0 Å². The number of nitrogens with one attached hydrogen (secondary N) is 2. The van der Waals surface area contributed by atoms with Crippen molar-refractivity contribution < 1.29 is 19.1 Å². The Labute approximate surface area is 167 Å². The zero-order valence-corrected chi connectivity index (χ0v) is 15.6. The summed E-state index contributed by atoms with van der Waals surface area (Å²) >= 11 is 0. The first kappa shape index (κ1) is 18.5.